The van der Waals surface area contributed by atoms with Crippen LogP contribution in [0.15, 0.2) is 54.2 Å². The molecule has 4 rings (SSSR count). The third kappa shape index (κ3) is 4.11. The lowest BCUT2D eigenvalue weighted by Gasteiger charge is -2.11. The first-order valence-electron chi connectivity index (χ1n) is 8.18. The van der Waals surface area contributed by atoms with Crippen LogP contribution in [0.25, 0.3) is 10.2 Å². The van der Waals surface area contributed by atoms with E-state index in [9.17, 15) is 18.0 Å². The monoisotopic (exact) mass is 416 g/mol. The molecule has 0 unspecified atom stereocenters. The number of benzene rings is 2. The number of thiophene rings is 1. The fourth-order valence-corrected chi connectivity index (χ4v) is 3.25. The van der Waals surface area contributed by atoms with Crippen LogP contribution in [0.1, 0.15) is 0 Å². The minimum atomic E-state index is -0.950. The number of urea groups is 1. The molecule has 0 aliphatic heterocycles. The molecule has 29 heavy (non-hydrogen) atoms. The molecule has 2 N–H and O–H groups in total. The highest BCUT2D eigenvalue weighted by molar-refractivity contribution is 7.17. The van der Waals surface area contributed by atoms with Crippen molar-refractivity contribution in [1.29, 1.82) is 0 Å². The summed E-state index contributed by atoms with van der Waals surface area (Å²) < 4.78 is 47.2. The molecule has 0 fully saturated rings. The Hall–Kier alpha value is -3.66. The van der Waals surface area contributed by atoms with Gasteiger partial charge in [0, 0.05) is 12.1 Å². The summed E-state index contributed by atoms with van der Waals surface area (Å²) in [5.74, 6) is -2.04. The largest absolute Gasteiger partial charge is 0.437 e. The first-order valence-corrected chi connectivity index (χ1v) is 9.06. The highest BCUT2D eigenvalue weighted by Crippen LogP contribution is 2.31. The van der Waals surface area contributed by atoms with E-state index in [0.717, 1.165) is 22.9 Å². The Morgan fingerprint density at radius 1 is 0.931 bits per heavy atom. The van der Waals surface area contributed by atoms with Gasteiger partial charge in [0.15, 0.2) is 0 Å². The van der Waals surface area contributed by atoms with Gasteiger partial charge in [-0.1, -0.05) is 0 Å². The lowest BCUT2D eigenvalue weighted by atomic mass is 10.3. The number of amides is 2. The Morgan fingerprint density at radius 2 is 1.66 bits per heavy atom. The van der Waals surface area contributed by atoms with E-state index in [1.807, 2.05) is 11.4 Å². The van der Waals surface area contributed by atoms with Crippen LogP contribution >= 0.6 is 11.3 Å². The van der Waals surface area contributed by atoms with E-state index in [1.165, 1.54) is 29.8 Å². The van der Waals surface area contributed by atoms with E-state index in [-0.39, 0.29) is 23.0 Å². The van der Waals surface area contributed by atoms with Crippen LogP contribution in [0.4, 0.5) is 29.3 Å². The number of anilines is 2. The smallest absolute Gasteiger partial charge is 0.323 e. The average molecular weight is 416 g/mol. The normalized spacial score (nSPS) is 10.7. The quantitative estimate of drug-likeness (QED) is 0.458. The molecule has 2 heterocycles. The van der Waals surface area contributed by atoms with E-state index < -0.39 is 23.5 Å². The number of ether oxygens (including phenoxy) is 1. The molecule has 4 aromatic rings. The van der Waals surface area contributed by atoms with Gasteiger partial charge in [0.25, 0.3) is 0 Å². The molecule has 0 aliphatic carbocycles. The van der Waals surface area contributed by atoms with Crippen LogP contribution in [-0.4, -0.2) is 16.0 Å². The molecular formula is C19H11F3N4O2S. The van der Waals surface area contributed by atoms with Crippen LogP contribution in [0.3, 0.4) is 0 Å². The van der Waals surface area contributed by atoms with Crippen molar-refractivity contribution in [2.24, 2.45) is 0 Å². The van der Waals surface area contributed by atoms with Gasteiger partial charge in [0.05, 0.1) is 16.9 Å². The first-order chi connectivity index (χ1) is 14.0. The van der Waals surface area contributed by atoms with Crippen LogP contribution in [0.5, 0.6) is 11.6 Å². The maximum absolute atomic E-state index is 14.4. The third-order valence-corrected chi connectivity index (χ3v) is 4.68. The predicted molar refractivity (Wildman–Crippen MR) is 103 cm³/mol. The van der Waals surface area contributed by atoms with Gasteiger partial charge in [-0.2, -0.15) is 0 Å². The molecule has 0 atom stereocenters. The van der Waals surface area contributed by atoms with Gasteiger partial charge < -0.3 is 15.4 Å². The summed E-state index contributed by atoms with van der Waals surface area (Å²) in [6.45, 7) is 0. The number of hydrogen-bond donors (Lipinski definition) is 2. The minimum Gasteiger partial charge on any atom is -0.437 e. The number of carbonyl (C=O) groups is 1. The lowest BCUT2D eigenvalue weighted by molar-refractivity contribution is 0.262. The first kappa shape index (κ1) is 18.7. The van der Waals surface area contributed by atoms with Gasteiger partial charge >= 0.3 is 6.03 Å². The molecule has 0 radical (unpaired) electrons. The molecule has 0 aliphatic rings. The highest BCUT2D eigenvalue weighted by atomic mass is 32.1. The molecule has 2 amide bonds. The number of halogens is 3. The number of hydrogen-bond acceptors (Lipinski definition) is 5. The van der Waals surface area contributed by atoms with Crippen molar-refractivity contribution in [3.63, 3.8) is 0 Å². The Morgan fingerprint density at radius 3 is 2.38 bits per heavy atom. The molecule has 0 saturated heterocycles. The van der Waals surface area contributed by atoms with Gasteiger partial charge in [-0.15, -0.1) is 11.3 Å². The molecule has 2 aromatic carbocycles. The predicted octanol–water partition coefficient (Wildman–Crippen LogP) is 5.54. The summed E-state index contributed by atoms with van der Waals surface area (Å²) in [4.78, 5) is 20.1. The zero-order valence-electron chi connectivity index (χ0n) is 14.4. The van der Waals surface area contributed by atoms with Gasteiger partial charge in [0.2, 0.25) is 5.88 Å². The van der Waals surface area contributed by atoms with Crippen LogP contribution < -0.4 is 15.4 Å². The standard InChI is InChI=1S/C19H11F3N4O2S/c20-10-1-3-14(12(21)7-10)25-19(27)26-15-4-2-11(8-13(15)22)28-18-17-16(5-6-29-17)23-9-24-18/h1-9H,(H2,25,26,27). The number of nitrogens with one attached hydrogen (secondary N) is 2. The molecule has 6 nitrogen and oxygen atoms in total. The molecule has 2 aromatic heterocycles. The second kappa shape index (κ2) is 7.76. The molecular weight excluding hydrogens is 405 g/mol. The maximum atomic E-state index is 14.4. The maximum Gasteiger partial charge on any atom is 0.323 e. The van der Waals surface area contributed by atoms with Gasteiger partial charge in [-0.25, -0.2) is 27.9 Å². The lowest BCUT2D eigenvalue weighted by Crippen LogP contribution is -2.20. The minimum absolute atomic E-state index is 0.152. The number of fused-ring (bicyclic) bond motifs is 1. The fourth-order valence-electron chi connectivity index (χ4n) is 2.48. The van der Waals surface area contributed by atoms with Gasteiger partial charge in [-0.3, -0.25) is 0 Å². The molecule has 146 valence electrons. The topological polar surface area (TPSA) is 76.1 Å². The summed E-state index contributed by atoms with van der Waals surface area (Å²) in [5.41, 5.74) is 0.317. The Balaban J connectivity index is 1.47. The van der Waals surface area contributed by atoms with Crippen LogP contribution in [0.2, 0.25) is 0 Å². The second-order valence-corrected chi connectivity index (χ2v) is 6.68. The van der Waals surface area contributed by atoms with Crippen molar-refractivity contribution in [2.45, 2.75) is 0 Å². The van der Waals surface area contributed by atoms with Gasteiger partial charge in [-0.05, 0) is 35.7 Å². The van der Waals surface area contributed by atoms with Crippen molar-refractivity contribution >= 4 is 39.0 Å². The average Bonchev–Trinajstić information content (AvgIpc) is 3.16. The summed E-state index contributed by atoms with van der Waals surface area (Å²) in [6, 6.07) is 7.41. The Labute approximate surface area is 166 Å². The van der Waals surface area contributed by atoms with Crippen molar-refractivity contribution in [3.05, 3.63) is 71.6 Å². The van der Waals surface area contributed by atoms with E-state index in [4.69, 9.17) is 4.74 Å². The van der Waals surface area contributed by atoms with E-state index >= 15 is 0 Å². The summed E-state index contributed by atoms with van der Waals surface area (Å²) in [7, 11) is 0. The van der Waals surface area contributed by atoms with Gasteiger partial charge in [0.1, 0.15) is 34.2 Å². The van der Waals surface area contributed by atoms with Crippen molar-refractivity contribution in [3.8, 4) is 11.6 Å². The zero-order chi connectivity index (χ0) is 20.4. The molecule has 0 bridgehead atoms. The summed E-state index contributed by atoms with van der Waals surface area (Å²) >= 11 is 1.39. The molecule has 0 spiro atoms. The molecule has 10 heteroatoms. The fraction of sp³-hybridized carbons (Fsp3) is 0. The summed E-state index contributed by atoms with van der Waals surface area (Å²) in [5, 5.41) is 6.27. The zero-order valence-corrected chi connectivity index (χ0v) is 15.3. The van der Waals surface area contributed by atoms with E-state index in [2.05, 4.69) is 20.6 Å². The third-order valence-electron chi connectivity index (χ3n) is 3.79. The van der Waals surface area contributed by atoms with E-state index in [1.54, 1.807) is 0 Å². The Kier molecular flexibility index (Phi) is 5.00. The Bertz CT molecular complexity index is 1220. The number of aromatic nitrogens is 2. The van der Waals surface area contributed by atoms with Crippen molar-refractivity contribution < 1.29 is 22.7 Å². The van der Waals surface area contributed by atoms with Crippen molar-refractivity contribution in [1.82, 2.24) is 9.97 Å². The number of rotatable bonds is 4. The van der Waals surface area contributed by atoms with E-state index in [0.29, 0.717) is 11.6 Å². The van der Waals surface area contributed by atoms with Crippen LogP contribution in [-0.2, 0) is 0 Å². The molecule has 0 saturated carbocycles. The number of carbonyl (C=O) groups excluding carboxylic acids is 1. The second-order valence-electron chi connectivity index (χ2n) is 5.76. The van der Waals surface area contributed by atoms with Crippen molar-refractivity contribution in [2.75, 3.05) is 10.6 Å². The summed E-state index contributed by atoms with van der Waals surface area (Å²) in [6.07, 6.45) is 1.34. The number of nitrogens with zero attached hydrogens (tertiary/aromatic N) is 2. The SMILES string of the molecule is O=C(Nc1ccc(F)cc1F)Nc1ccc(Oc2ncnc3ccsc23)cc1F. The highest BCUT2D eigenvalue weighted by Gasteiger charge is 2.13. The van der Waals surface area contributed by atoms with Crippen LogP contribution in [0, 0.1) is 17.5 Å².